The lowest BCUT2D eigenvalue weighted by Crippen LogP contribution is -2.41. The summed E-state index contributed by atoms with van der Waals surface area (Å²) in [6.07, 6.45) is 0.0704. The highest BCUT2D eigenvalue weighted by atomic mass is 79.9. The van der Waals surface area contributed by atoms with Crippen molar-refractivity contribution < 1.29 is 4.74 Å². The van der Waals surface area contributed by atoms with Crippen LogP contribution in [0.1, 0.15) is 27.7 Å². The van der Waals surface area contributed by atoms with Crippen molar-refractivity contribution in [2.45, 2.75) is 39.3 Å². The van der Waals surface area contributed by atoms with Gasteiger partial charge in [-0.3, -0.25) is 0 Å². The molecule has 0 amide bonds. The maximum Gasteiger partial charge on any atom is 0.139 e. The predicted octanol–water partition coefficient (Wildman–Crippen LogP) is 4.26. The van der Waals surface area contributed by atoms with Crippen LogP contribution >= 0.6 is 27.5 Å². The van der Waals surface area contributed by atoms with Crippen molar-refractivity contribution >= 4 is 27.5 Å². The second kappa shape index (κ2) is 6.07. The van der Waals surface area contributed by atoms with Crippen molar-refractivity contribution in [3.63, 3.8) is 0 Å². The fourth-order valence-corrected chi connectivity index (χ4v) is 1.78. The summed E-state index contributed by atoms with van der Waals surface area (Å²) in [6, 6.07) is 5.61. The Kier molecular flexibility index (Phi) is 5.29. The number of nitrogens with one attached hydrogen (secondary N) is 1. The van der Waals surface area contributed by atoms with Crippen molar-refractivity contribution in [3.8, 4) is 5.75 Å². The van der Waals surface area contributed by atoms with Gasteiger partial charge in [0.25, 0.3) is 0 Å². The molecule has 1 rings (SSSR count). The van der Waals surface area contributed by atoms with Crippen molar-refractivity contribution in [2.24, 2.45) is 0 Å². The third-order valence-corrected chi connectivity index (χ3v) is 2.95. The van der Waals surface area contributed by atoms with Gasteiger partial charge in [-0.15, -0.1) is 0 Å². The number of rotatable bonds is 4. The zero-order chi connectivity index (χ0) is 13.1. The van der Waals surface area contributed by atoms with E-state index in [1.54, 1.807) is 0 Å². The van der Waals surface area contributed by atoms with E-state index in [1.165, 1.54) is 0 Å². The van der Waals surface area contributed by atoms with Gasteiger partial charge in [-0.25, -0.2) is 0 Å². The number of ether oxygens (including phenoxy) is 1. The number of hydrogen-bond acceptors (Lipinski definition) is 2. The standard InChI is InChI=1S/C13H19BrClNO/c1-9(8-16-13(2,3)4)17-12-7-10(14)5-6-11(12)15/h5-7,9,16H,8H2,1-4H3. The SMILES string of the molecule is CC(CNC(C)(C)C)Oc1cc(Br)ccc1Cl. The molecule has 4 heteroatoms. The highest BCUT2D eigenvalue weighted by Gasteiger charge is 2.13. The zero-order valence-corrected chi connectivity index (χ0v) is 13.0. The van der Waals surface area contributed by atoms with Gasteiger partial charge in [0.15, 0.2) is 0 Å². The second-order valence-corrected chi connectivity index (χ2v) is 6.46. The van der Waals surface area contributed by atoms with Crippen LogP contribution in [0.3, 0.4) is 0 Å². The summed E-state index contributed by atoms with van der Waals surface area (Å²) in [7, 11) is 0. The minimum atomic E-state index is 0.0704. The van der Waals surface area contributed by atoms with Crippen LogP contribution in [-0.2, 0) is 0 Å². The van der Waals surface area contributed by atoms with Gasteiger partial charge < -0.3 is 10.1 Å². The highest BCUT2D eigenvalue weighted by molar-refractivity contribution is 9.10. The van der Waals surface area contributed by atoms with Crippen LogP contribution in [0.5, 0.6) is 5.75 Å². The van der Waals surface area contributed by atoms with Crippen molar-refractivity contribution in [2.75, 3.05) is 6.54 Å². The average Bonchev–Trinajstić information content (AvgIpc) is 2.20. The lowest BCUT2D eigenvalue weighted by atomic mass is 10.1. The normalized spacial score (nSPS) is 13.5. The summed E-state index contributed by atoms with van der Waals surface area (Å²) in [5.41, 5.74) is 0.0959. The highest BCUT2D eigenvalue weighted by Crippen LogP contribution is 2.28. The Hall–Kier alpha value is -0.250. The van der Waals surface area contributed by atoms with Gasteiger partial charge in [-0.2, -0.15) is 0 Å². The Labute approximate surface area is 117 Å². The van der Waals surface area contributed by atoms with Crippen LogP contribution in [0.4, 0.5) is 0 Å². The Morgan fingerprint density at radius 2 is 2.06 bits per heavy atom. The summed E-state index contributed by atoms with van der Waals surface area (Å²) in [5.74, 6) is 0.712. The zero-order valence-electron chi connectivity index (χ0n) is 10.7. The van der Waals surface area contributed by atoms with Gasteiger partial charge in [0.05, 0.1) is 5.02 Å². The largest absolute Gasteiger partial charge is 0.488 e. The molecular formula is C13H19BrClNO. The lowest BCUT2D eigenvalue weighted by molar-refractivity contribution is 0.203. The third-order valence-electron chi connectivity index (χ3n) is 2.14. The Balaban J connectivity index is 2.56. The van der Waals surface area contributed by atoms with Crippen LogP contribution in [0.25, 0.3) is 0 Å². The molecule has 0 spiro atoms. The van der Waals surface area contributed by atoms with Crippen LogP contribution in [0, 0.1) is 0 Å². The first-order chi connectivity index (χ1) is 7.78. The number of halogens is 2. The molecule has 0 bridgehead atoms. The predicted molar refractivity (Wildman–Crippen MR) is 77.0 cm³/mol. The Bertz CT molecular complexity index is 376. The monoisotopic (exact) mass is 319 g/mol. The summed E-state index contributed by atoms with van der Waals surface area (Å²) in [5, 5.41) is 4.03. The van der Waals surface area contributed by atoms with Crippen molar-refractivity contribution in [1.82, 2.24) is 5.32 Å². The van der Waals surface area contributed by atoms with E-state index < -0.39 is 0 Å². The molecule has 2 nitrogen and oxygen atoms in total. The van der Waals surface area contributed by atoms with Crippen LogP contribution in [0.2, 0.25) is 5.02 Å². The molecule has 1 atom stereocenters. The number of hydrogen-bond donors (Lipinski definition) is 1. The molecule has 0 saturated carbocycles. The van der Waals surface area contributed by atoms with Gasteiger partial charge in [0.2, 0.25) is 0 Å². The van der Waals surface area contributed by atoms with E-state index in [9.17, 15) is 0 Å². The summed E-state index contributed by atoms with van der Waals surface area (Å²) >= 11 is 9.47. The molecule has 1 unspecified atom stereocenters. The van der Waals surface area contributed by atoms with E-state index in [-0.39, 0.29) is 11.6 Å². The molecule has 0 aliphatic rings. The summed E-state index contributed by atoms with van der Waals surface area (Å²) < 4.78 is 6.76. The first-order valence-corrected chi connectivity index (χ1v) is 6.82. The van der Waals surface area contributed by atoms with E-state index in [4.69, 9.17) is 16.3 Å². The van der Waals surface area contributed by atoms with E-state index in [1.807, 2.05) is 25.1 Å². The lowest BCUT2D eigenvalue weighted by Gasteiger charge is -2.24. The van der Waals surface area contributed by atoms with Crippen molar-refractivity contribution in [3.05, 3.63) is 27.7 Å². The molecule has 0 aliphatic heterocycles. The molecule has 17 heavy (non-hydrogen) atoms. The smallest absolute Gasteiger partial charge is 0.139 e. The van der Waals surface area contributed by atoms with Crippen LogP contribution in [-0.4, -0.2) is 18.2 Å². The first-order valence-electron chi connectivity index (χ1n) is 5.64. The molecule has 1 N–H and O–H groups in total. The Morgan fingerprint density at radius 1 is 1.41 bits per heavy atom. The topological polar surface area (TPSA) is 21.3 Å². The summed E-state index contributed by atoms with van der Waals surface area (Å²) in [6.45, 7) is 9.20. The maximum atomic E-state index is 6.06. The van der Waals surface area contributed by atoms with Gasteiger partial charge in [0, 0.05) is 16.6 Å². The minimum absolute atomic E-state index is 0.0704. The van der Waals surface area contributed by atoms with Gasteiger partial charge >= 0.3 is 0 Å². The minimum Gasteiger partial charge on any atom is -0.488 e. The molecule has 0 aromatic heterocycles. The molecule has 0 radical (unpaired) electrons. The Morgan fingerprint density at radius 3 is 2.65 bits per heavy atom. The molecule has 1 aromatic rings. The van der Waals surface area contributed by atoms with E-state index >= 15 is 0 Å². The molecule has 0 aliphatic carbocycles. The molecular weight excluding hydrogens is 302 g/mol. The van der Waals surface area contributed by atoms with Gasteiger partial charge in [-0.1, -0.05) is 27.5 Å². The molecule has 96 valence electrons. The second-order valence-electron chi connectivity index (χ2n) is 5.13. The fraction of sp³-hybridized carbons (Fsp3) is 0.538. The van der Waals surface area contributed by atoms with Crippen LogP contribution in [0.15, 0.2) is 22.7 Å². The number of benzene rings is 1. The molecule has 0 heterocycles. The first kappa shape index (κ1) is 14.8. The average molecular weight is 321 g/mol. The molecule has 1 aromatic carbocycles. The van der Waals surface area contributed by atoms with Gasteiger partial charge in [-0.05, 0) is 45.9 Å². The van der Waals surface area contributed by atoms with Gasteiger partial charge in [0.1, 0.15) is 11.9 Å². The fourth-order valence-electron chi connectivity index (χ4n) is 1.28. The summed E-state index contributed by atoms with van der Waals surface area (Å²) in [4.78, 5) is 0. The van der Waals surface area contributed by atoms with E-state index in [2.05, 4.69) is 42.0 Å². The maximum absolute atomic E-state index is 6.06. The van der Waals surface area contributed by atoms with E-state index in [0.717, 1.165) is 11.0 Å². The van der Waals surface area contributed by atoms with E-state index in [0.29, 0.717) is 10.8 Å². The van der Waals surface area contributed by atoms with Crippen LogP contribution < -0.4 is 10.1 Å². The van der Waals surface area contributed by atoms with Crippen molar-refractivity contribution in [1.29, 1.82) is 0 Å². The third kappa shape index (κ3) is 5.75. The molecule has 0 saturated heterocycles. The quantitative estimate of drug-likeness (QED) is 0.895. The molecule has 0 fully saturated rings.